The van der Waals surface area contributed by atoms with Gasteiger partial charge in [0.1, 0.15) is 11.6 Å². The highest BCUT2D eigenvalue weighted by Gasteiger charge is 2.21. The van der Waals surface area contributed by atoms with Crippen molar-refractivity contribution in [2.24, 2.45) is 5.41 Å². The van der Waals surface area contributed by atoms with Gasteiger partial charge >= 0.3 is 0 Å². The lowest BCUT2D eigenvalue weighted by atomic mass is 9.93. The molecule has 1 aromatic rings. The van der Waals surface area contributed by atoms with Crippen molar-refractivity contribution < 1.29 is 9.18 Å². The number of hydrogen-bond acceptors (Lipinski definition) is 4. The van der Waals surface area contributed by atoms with Crippen LogP contribution in [-0.4, -0.2) is 43.0 Å². The number of carbonyl (C=O) groups is 1. The fourth-order valence-electron chi connectivity index (χ4n) is 1.96. The first-order valence-electron chi connectivity index (χ1n) is 6.05. The number of aromatic nitrogens is 1. The molecule has 0 saturated heterocycles. The molecule has 0 spiro atoms. The van der Waals surface area contributed by atoms with Gasteiger partial charge in [0.25, 0.3) is 5.91 Å². The average molecular weight is 268 g/mol. The number of nitrogen functional groups attached to an aromatic ring is 1. The number of anilines is 1. The lowest BCUT2D eigenvalue weighted by Crippen LogP contribution is -2.40. The van der Waals surface area contributed by atoms with Crippen molar-refractivity contribution in [2.45, 2.75) is 13.8 Å². The van der Waals surface area contributed by atoms with E-state index >= 15 is 0 Å². The van der Waals surface area contributed by atoms with E-state index in [9.17, 15) is 9.18 Å². The van der Waals surface area contributed by atoms with E-state index in [1.54, 1.807) is 0 Å². The molecular weight excluding hydrogens is 247 g/mol. The molecule has 5 nitrogen and oxygen atoms in total. The van der Waals surface area contributed by atoms with Gasteiger partial charge in [-0.3, -0.25) is 4.79 Å². The number of hydrogen-bond donors (Lipinski definition) is 2. The summed E-state index contributed by atoms with van der Waals surface area (Å²) in [4.78, 5) is 17.6. The molecule has 0 aliphatic rings. The molecule has 3 N–H and O–H groups in total. The van der Waals surface area contributed by atoms with Crippen LogP contribution in [0.1, 0.15) is 24.2 Å². The van der Waals surface area contributed by atoms with Crippen LogP contribution in [0.25, 0.3) is 0 Å². The number of nitrogens with one attached hydrogen (secondary N) is 1. The summed E-state index contributed by atoms with van der Waals surface area (Å²) in [7, 11) is 3.94. The molecule has 0 bridgehead atoms. The molecule has 0 aliphatic carbocycles. The zero-order chi connectivity index (χ0) is 14.6. The normalized spacial score (nSPS) is 11.7. The Kier molecular flexibility index (Phi) is 4.83. The molecule has 6 heteroatoms. The highest BCUT2D eigenvalue weighted by Crippen LogP contribution is 2.15. The zero-order valence-corrected chi connectivity index (χ0v) is 11.8. The predicted molar refractivity (Wildman–Crippen MR) is 73.3 cm³/mol. The zero-order valence-electron chi connectivity index (χ0n) is 11.8. The Morgan fingerprint density at radius 1 is 1.53 bits per heavy atom. The van der Waals surface area contributed by atoms with E-state index in [4.69, 9.17) is 5.73 Å². The molecular formula is C13H21FN4O. The molecule has 0 fully saturated rings. The molecule has 0 aromatic carbocycles. The van der Waals surface area contributed by atoms with Gasteiger partial charge < -0.3 is 16.0 Å². The van der Waals surface area contributed by atoms with Crippen LogP contribution in [0.5, 0.6) is 0 Å². The first-order valence-corrected chi connectivity index (χ1v) is 6.05. The van der Waals surface area contributed by atoms with Gasteiger partial charge in [-0.25, -0.2) is 9.37 Å². The van der Waals surface area contributed by atoms with Crippen molar-refractivity contribution in [1.29, 1.82) is 0 Å². The number of carbonyl (C=O) groups excluding carboxylic acids is 1. The second-order valence-electron chi connectivity index (χ2n) is 5.67. The summed E-state index contributed by atoms with van der Waals surface area (Å²) in [5, 5.41) is 2.76. The summed E-state index contributed by atoms with van der Waals surface area (Å²) in [6.07, 6.45) is 0.988. The number of nitrogens with two attached hydrogens (primary N) is 1. The van der Waals surface area contributed by atoms with E-state index in [2.05, 4.69) is 10.3 Å². The minimum Gasteiger partial charge on any atom is -0.383 e. The second kappa shape index (κ2) is 5.97. The van der Waals surface area contributed by atoms with Crippen LogP contribution in [0.4, 0.5) is 10.2 Å². The Hall–Kier alpha value is -1.69. The van der Waals surface area contributed by atoms with Crippen molar-refractivity contribution in [3.8, 4) is 0 Å². The Morgan fingerprint density at radius 2 is 2.16 bits per heavy atom. The van der Waals surface area contributed by atoms with Crippen LogP contribution in [0.3, 0.4) is 0 Å². The molecule has 1 aromatic heterocycles. The first-order chi connectivity index (χ1) is 8.71. The molecule has 0 saturated carbocycles. The van der Waals surface area contributed by atoms with Crippen molar-refractivity contribution in [2.75, 3.05) is 32.9 Å². The van der Waals surface area contributed by atoms with Crippen molar-refractivity contribution >= 4 is 11.7 Å². The first kappa shape index (κ1) is 15.4. The molecule has 0 unspecified atom stereocenters. The largest absolute Gasteiger partial charge is 0.383 e. The van der Waals surface area contributed by atoms with Gasteiger partial charge in [-0.1, -0.05) is 13.8 Å². The highest BCUT2D eigenvalue weighted by atomic mass is 19.1. The Morgan fingerprint density at radius 3 is 2.74 bits per heavy atom. The van der Waals surface area contributed by atoms with Gasteiger partial charge in [-0.2, -0.15) is 0 Å². The van der Waals surface area contributed by atoms with Crippen LogP contribution in [0.15, 0.2) is 12.3 Å². The van der Waals surface area contributed by atoms with Crippen LogP contribution in [-0.2, 0) is 0 Å². The van der Waals surface area contributed by atoms with Gasteiger partial charge in [0.05, 0.1) is 11.8 Å². The SMILES string of the molecule is CN(C)CC(C)(C)CNC(=O)c1cc(F)cnc1N. The number of rotatable bonds is 5. The summed E-state index contributed by atoms with van der Waals surface area (Å²) in [6.45, 7) is 5.38. The Balaban J connectivity index is 2.68. The number of amides is 1. The van der Waals surface area contributed by atoms with Crippen LogP contribution < -0.4 is 11.1 Å². The monoisotopic (exact) mass is 268 g/mol. The van der Waals surface area contributed by atoms with Crippen LogP contribution >= 0.6 is 0 Å². The molecule has 1 heterocycles. The van der Waals surface area contributed by atoms with E-state index in [1.807, 2.05) is 32.8 Å². The molecule has 0 aliphatic heterocycles. The third-order valence-corrected chi connectivity index (χ3v) is 2.60. The smallest absolute Gasteiger partial charge is 0.255 e. The summed E-state index contributed by atoms with van der Waals surface area (Å²) in [5.74, 6) is -0.951. The van der Waals surface area contributed by atoms with E-state index in [0.717, 1.165) is 18.8 Å². The van der Waals surface area contributed by atoms with Gasteiger partial charge in [0.15, 0.2) is 0 Å². The minimum absolute atomic E-state index is 0.0318. The average Bonchev–Trinajstić information content (AvgIpc) is 2.27. The van der Waals surface area contributed by atoms with Crippen molar-refractivity contribution in [3.63, 3.8) is 0 Å². The van der Waals surface area contributed by atoms with E-state index in [1.165, 1.54) is 0 Å². The predicted octanol–water partition coefficient (Wildman–Crippen LogP) is 1.12. The molecule has 1 amide bonds. The number of pyridine rings is 1. The van der Waals surface area contributed by atoms with E-state index in [-0.39, 0.29) is 16.8 Å². The van der Waals surface area contributed by atoms with Crippen molar-refractivity contribution in [1.82, 2.24) is 15.2 Å². The second-order valence-corrected chi connectivity index (χ2v) is 5.67. The Labute approximate surface area is 113 Å². The summed E-state index contributed by atoms with van der Waals surface area (Å²) < 4.78 is 13.0. The maximum absolute atomic E-state index is 13.0. The number of nitrogens with zero attached hydrogens (tertiary/aromatic N) is 2. The van der Waals surface area contributed by atoms with Gasteiger partial charge in [-0.15, -0.1) is 0 Å². The molecule has 106 valence electrons. The molecule has 1 rings (SSSR count). The quantitative estimate of drug-likeness (QED) is 0.839. The van der Waals surface area contributed by atoms with Gasteiger partial charge in [0, 0.05) is 13.1 Å². The fourth-order valence-corrected chi connectivity index (χ4v) is 1.96. The van der Waals surface area contributed by atoms with Gasteiger partial charge in [-0.05, 0) is 25.6 Å². The molecule has 0 atom stereocenters. The maximum Gasteiger partial charge on any atom is 0.255 e. The van der Waals surface area contributed by atoms with Crippen LogP contribution in [0, 0.1) is 11.2 Å². The maximum atomic E-state index is 13.0. The summed E-state index contributed by atoms with van der Waals surface area (Å²) >= 11 is 0. The third kappa shape index (κ3) is 4.82. The topological polar surface area (TPSA) is 71.2 Å². The van der Waals surface area contributed by atoms with Crippen molar-refractivity contribution in [3.05, 3.63) is 23.6 Å². The number of halogens is 1. The van der Waals surface area contributed by atoms with E-state index in [0.29, 0.717) is 6.54 Å². The van der Waals surface area contributed by atoms with E-state index < -0.39 is 11.7 Å². The summed E-state index contributed by atoms with van der Waals surface area (Å²) in [6, 6.07) is 1.09. The lowest BCUT2D eigenvalue weighted by molar-refractivity contribution is 0.0929. The van der Waals surface area contributed by atoms with Gasteiger partial charge in [0.2, 0.25) is 0 Å². The lowest BCUT2D eigenvalue weighted by Gasteiger charge is -2.28. The summed E-state index contributed by atoms with van der Waals surface area (Å²) in [5.41, 5.74) is 5.55. The standard InChI is InChI=1S/C13H21FN4O/c1-13(2,8-18(3)4)7-17-12(19)10-5-9(14)6-16-11(10)15/h5-6H,7-8H2,1-4H3,(H2,15,16)(H,17,19). The minimum atomic E-state index is -0.577. The third-order valence-electron chi connectivity index (χ3n) is 2.60. The molecule has 0 radical (unpaired) electrons. The fraction of sp³-hybridized carbons (Fsp3) is 0.538. The molecule has 19 heavy (non-hydrogen) atoms. The van der Waals surface area contributed by atoms with Crippen LogP contribution in [0.2, 0.25) is 0 Å². The highest BCUT2D eigenvalue weighted by molar-refractivity contribution is 5.98. The Bertz CT molecular complexity index is 460.